The second kappa shape index (κ2) is 6.10. The minimum atomic E-state index is 0.202. The smallest absolute Gasteiger partial charge is 0.0480 e. The van der Waals surface area contributed by atoms with E-state index in [-0.39, 0.29) is 6.04 Å². The van der Waals surface area contributed by atoms with Crippen molar-refractivity contribution in [2.75, 3.05) is 0 Å². The molecule has 21 heavy (non-hydrogen) atoms. The Labute approximate surface area is 125 Å². The molecule has 0 fully saturated rings. The summed E-state index contributed by atoms with van der Waals surface area (Å²) in [4.78, 5) is 4.38. The highest BCUT2D eigenvalue weighted by molar-refractivity contribution is 5.80. The molecule has 3 nitrogen and oxygen atoms in total. The van der Waals surface area contributed by atoms with Crippen molar-refractivity contribution in [3.8, 4) is 0 Å². The molecule has 1 aromatic carbocycles. The number of fused-ring (bicyclic) bond motifs is 1. The molecule has 0 radical (unpaired) electrons. The maximum Gasteiger partial charge on any atom is 0.0480 e. The van der Waals surface area contributed by atoms with Crippen molar-refractivity contribution in [1.29, 1.82) is 0 Å². The summed E-state index contributed by atoms with van der Waals surface area (Å²) < 4.78 is 2.29. The quantitative estimate of drug-likeness (QED) is 0.779. The van der Waals surface area contributed by atoms with Gasteiger partial charge in [0.2, 0.25) is 0 Å². The van der Waals surface area contributed by atoms with Crippen molar-refractivity contribution in [1.82, 2.24) is 9.55 Å². The van der Waals surface area contributed by atoms with Crippen LogP contribution in [-0.2, 0) is 19.4 Å². The molecule has 2 aromatic heterocycles. The number of nitrogens with zero attached hydrogens (tertiary/aromatic N) is 2. The van der Waals surface area contributed by atoms with E-state index in [0.717, 1.165) is 25.1 Å². The Kier molecular flexibility index (Phi) is 4.02. The summed E-state index contributed by atoms with van der Waals surface area (Å²) in [6, 6.07) is 15.1. The summed E-state index contributed by atoms with van der Waals surface area (Å²) in [5, 5.41) is 1.29. The minimum absolute atomic E-state index is 0.202. The third kappa shape index (κ3) is 3.31. The van der Waals surface area contributed by atoms with Gasteiger partial charge in [-0.05, 0) is 54.6 Å². The molecule has 0 aliphatic rings. The molecule has 2 heterocycles. The number of rotatable bonds is 5. The van der Waals surface area contributed by atoms with E-state index >= 15 is 0 Å². The Balaban J connectivity index is 1.77. The lowest BCUT2D eigenvalue weighted by molar-refractivity contribution is 0.709. The Morgan fingerprint density at radius 1 is 1.19 bits per heavy atom. The molecule has 0 aliphatic carbocycles. The fourth-order valence-electron chi connectivity index (χ4n) is 2.72. The van der Waals surface area contributed by atoms with Gasteiger partial charge in [-0.25, -0.2) is 0 Å². The highest BCUT2D eigenvalue weighted by Crippen LogP contribution is 2.19. The molecule has 0 saturated heterocycles. The summed E-state index contributed by atoms with van der Waals surface area (Å²) in [7, 11) is 0. The van der Waals surface area contributed by atoms with E-state index in [4.69, 9.17) is 5.73 Å². The van der Waals surface area contributed by atoms with Gasteiger partial charge in [0.1, 0.15) is 0 Å². The van der Waals surface area contributed by atoms with Crippen LogP contribution in [0.25, 0.3) is 10.9 Å². The van der Waals surface area contributed by atoms with Crippen molar-refractivity contribution in [2.24, 2.45) is 5.73 Å². The summed E-state index contributed by atoms with van der Waals surface area (Å²) in [6.07, 6.45) is 5.88. The fraction of sp³-hybridized carbons (Fsp3) is 0.278. The lowest BCUT2D eigenvalue weighted by atomic mass is 10.1. The third-order valence-electron chi connectivity index (χ3n) is 3.73. The monoisotopic (exact) mass is 279 g/mol. The summed E-state index contributed by atoms with van der Waals surface area (Å²) in [5.74, 6) is 0. The first-order valence-electron chi connectivity index (χ1n) is 7.45. The normalized spacial score (nSPS) is 12.7. The first kappa shape index (κ1) is 13.8. The molecule has 3 rings (SSSR count). The van der Waals surface area contributed by atoms with E-state index in [9.17, 15) is 0 Å². The van der Waals surface area contributed by atoms with E-state index in [0.29, 0.717) is 0 Å². The molecule has 108 valence electrons. The average Bonchev–Trinajstić information content (AvgIpc) is 2.88. The van der Waals surface area contributed by atoms with Crippen molar-refractivity contribution in [3.05, 3.63) is 66.1 Å². The van der Waals surface area contributed by atoms with E-state index in [1.54, 1.807) is 0 Å². The van der Waals surface area contributed by atoms with Crippen molar-refractivity contribution >= 4 is 10.9 Å². The molecule has 1 unspecified atom stereocenters. The molecule has 3 aromatic rings. The van der Waals surface area contributed by atoms with Crippen LogP contribution in [0.1, 0.15) is 18.2 Å². The average molecular weight is 279 g/mol. The minimum Gasteiger partial charge on any atom is -0.347 e. The first-order valence-corrected chi connectivity index (χ1v) is 7.45. The molecule has 0 saturated carbocycles. The molecule has 2 N–H and O–H groups in total. The number of hydrogen-bond acceptors (Lipinski definition) is 2. The molecule has 1 atom stereocenters. The maximum atomic E-state index is 5.87. The maximum absolute atomic E-state index is 5.87. The number of nitrogens with two attached hydrogens (primary N) is 1. The predicted octanol–water partition coefficient (Wildman–Crippen LogP) is 3.17. The largest absolute Gasteiger partial charge is 0.347 e. The zero-order valence-corrected chi connectivity index (χ0v) is 12.4. The Morgan fingerprint density at radius 2 is 2.10 bits per heavy atom. The summed E-state index contributed by atoms with van der Waals surface area (Å²) in [5.41, 5.74) is 9.59. The Hall–Kier alpha value is -2.13. The van der Waals surface area contributed by atoms with Crippen LogP contribution in [0.15, 0.2) is 54.9 Å². The fourth-order valence-corrected chi connectivity index (χ4v) is 2.72. The van der Waals surface area contributed by atoms with Crippen LogP contribution in [0, 0.1) is 0 Å². The van der Waals surface area contributed by atoms with Crippen LogP contribution >= 0.6 is 0 Å². The van der Waals surface area contributed by atoms with Crippen molar-refractivity contribution in [3.63, 3.8) is 0 Å². The lowest BCUT2D eigenvalue weighted by Crippen LogP contribution is -2.17. The highest BCUT2D eigenvalue weighted by atomic mass is 15.0. The van der Waals surface area contributed by atoms with E-state index < -0.39 is 0 Å². The standard InChI is InChI=1S/C18H21N3/c1-14(19)12-15-5-6-18-16(13-15)7-10-21(18)11-8-17-4-2-3-9-20-17/h2-7,9-10,13-14H,8,11-12,19H2,1H3. The van der Waals surface area contributed by atoms with Gasteiger partial charge in [-0.2, -0.15) is 0 Å². The number of aromatic nitrogens is 2. The van der Waals surface area contributed by atoms with Gasteiger partial charge < -0.3 is 10.3 Å². The Morgan fingerprint density at radius 3 is 2.86 bits per heavy atom. The van der Waals surface area contributed by atoms with Crippen LogP contribution < -0.4 is 5.73 Å². The number of hydrogen-bond donors (Lipinski definition) is 1. The number of aryl methyl sites for hydroxylation is 2. The lowest BCUT2D eigenvalue weighted by Gasteiger charge is -2.08. The number of benzene rings is 1. The molecule has 3 heteroatoms. The van der Waals surface area contributed by atoms with E-state index in [2.05, 4.69) is 46.1 Å². The topological polar surface area (TPSA) is 43.8 Å². The number of pyridine rings is 1. The molecule has 0 bridgehead atoms. The van der Waals surface area contributed by atoms with Crippen LogP contribution in [0.3, 0.4) is 0 Å². The van der Waals surface area contributed by atoms with Gasteiger partial charge >= 0.3 is 0 Å². The van der Waals surface area contributed by atoms with Gasteiger partial charge in [0.15, 0.2) is 0 Å². The summed E-state index contributed by atoms with van der Waals surface area (Å²) >= 11 is 0. The van der Waals surface area contributed by atoms with Gasteiger partial charge in [-0.3, -0.25) is 4.98 Å². The zero-order chi connectivity index (χ0) is 14.7. The molecule has 0 spiro atoms. The van der Waals surface area contributed by atoms with Gasteiger partial charge in [0.25, 0.3) is 0 Å². The van der Waals surface area contributed by atoms with Gasteiger partial charge in [-0.15, -0.1) is 0 Å². The van der Waals surface area contributed by atoms with Crippen molar-refractivity contribution < 1.29 is 0 Å². The highest BCUT2D eigenvalue weighted by Gasteiger charge is 2.04. The van der Waals surface area contributed by atoms with Crippen LogP contribution in [0.4, 0.5) is 0 Å². The summed E-state index contributed by atoms with van der Waals surface area (Å²) in [6.45, 7) is 3.00. The zero-order valence-electron chi connectivity index (χ0n) is 12.4. The first-order chi connectivity index (χ1) is 10.2. The predicted molar refractivity (Wildman–Crippen MR) is 87.2 cm³/mol. The van der Waals surface area contributed by atoms with E-state index in [1.807, 2.05) is 25.3 Å². The van der Waals surface area contributed by atoms with Crippen LogP contribution in [-0.4, -0.2) is 15.6 Å². The molecular formula is C18H21N3. The second-order valence-corrected chi connectivity index (χ2v) is 5.65. The van der Waals surface area contributed by atoms with Crippen LogP contribution in [0.5, 0.6) is 0 Å². The third-order valence-corrected chi connectivity index (χ3v) is 3.73. The van der Waals surface area contributed by atoms with E-state index in [1.165, 1.54) is 16.5 Å². The van der Waals surface area contributed by atoms with Crippen molar-refractivity contribution in [2.45, 2.75) is 32.4 Å². The van der Waals surface area contributed by atoms with Gasteiger partial charge in [0.05, 0.1) is 0 Å². The van der Waals surface area contributed by atoms with Gasteiger partial charge in [0, 0.05) is 42.6 Å². The van der Waals surface area contributed by atoms with Crippen LogP contribution in [0.2, 0.25) is 0 Å². The molecule has 0 aliphatic heterocycles. The SMILES string of the molecule is CC(N)Cc1ccc2c(ccn2CCc2ccccn2)c1. The molecule has 0 amide bonds. The molecular weight excluding hydrogens is 258 g/mol. The van der Waals surface area contributed by atoms with Gasteiger partial charge in [-0.1, -0.05) is 12.1 Å². The second-order valence-electron chi connectivity index (χ2n) is 5.65. The Bertz CT molecular complexity index is 714.